The SMILES string of the molecule is COc1c(F)cc(Cc2cnco2)cc1[C@H](C(=O)O)N1CC[C@@H](OCCCCCc2ccc3c(n2)NCCC3)C1. The van der Waals surface area contributed by atoms with E-state index in [0.717, 1.165) is 63.0 Å². The molecule has 5 rings (SSSR count). The summed E-state index contributed by atoms with van der Waals surface area (Å²) in [5, 5.41) is 13.6. The number of anilines is 1. The van der Waals surface area contributed by atoms with E-state index in [4.69, 9.17) is 18.9 Å². The quantitative estimate of drug-likeness (QED) is 0.289. The van der Waals surface area contributed by atoms with Gasteiger partial charge in [-0.15, -0.1) is 0 Å². The van der Waals surface area contributed by atoms with Gasteiger partial charge in [0.2, 0.25) is 0 Å². The highest BCUT2D eigenvalue weighted by atomic mass is 19.1. The molecular weight excluding hydrogens is 515 g/mol. The van der Waals surface area contributed by atoms with Gasteiger partial charge in [-0.1, -0.05) is 12.5 Å². The summed E-state index contributed by atoms with van der Waals surface area (Å²) in [5.41, 5.74) is 3.31. The minimum atomic E-state index is -1.05. The largest absolute Gasteiger partial charge is 0.493 e. The first-order valence-electron chi connectivity index (χ1n) is 14.1. The highest BCUT2D eigenvalue weighted by Gasteiger charge is 2.36. The van der Waals surface area contributed by atoms with E-state index in [0.29, 0.717) is 37.4 Å². The maximum atomic E-state index is 15.0. The fourth-order valence-electron chi connectivity index (χ4n) is 5.68. The van der Waals surface area contributed by atoms with Crippen molar-refractivity contribution < 1.29 is 28.2 Å². The standard InChI is InChI=1S/C30H37FN4O5/c1-38-28-25(15-20(16-26(28)31)14-24-17-32-19-40-24)27(30(36)37)35-12-10-23(18-35)39-13-4-2-3-7-22-9-8-21-6-5-11-33-29(21)34-22/h8-9,15-17,19,23,27H,2-7,10-14,18H2,1H3,(H,33,34)(H,36,37)/t23-,27-/m1/s1. The van der Waals surface area contributed by atoms with E-state index in [9.17, 15) is 14.3 Å². The van der Waals surface area contributed by atoms with Gasteiger partial charge in [-0.25, -0.2) is 14.4 Å². The Labute approximate surface area is 233 Å². The number of methoxy groups -OCH3 is 1. The Hall–Kier alpha value is -3.50. The number of hydrogen-bond donors (Lipinski definition) is 2. The summed E-state index contributed by atoms with van der Waals surface area (Å²) in [6.07, 6.45) is 10.0. The van der Waals surface area contributed by atoms with Crippen LogP contribution in [0.15, 0.2) is 41.3 Å². The number of likely N-dealkylation sites (tertiary alicyclic amines) is 1. The van der Waals surface area contributed by atoms with Gasteiger partial charge < -0.3 is 24.3 Å². The zero-order valence-electron chi connectivity index (χ0n) is 22.9. The molecule has 2 N–H and O–H groups in total. The van der Waals surface area contributed by atoms with Gasteiger partial charge in [0.15, 0.2) is 18.0 Å². The van der Waals surface area contributed by atoms with Gasteiger partial charge in [0.25, 0.3) is 0 Å². The van der Waals surface area contributed by atoms with Gasteiger partial charge in [0.05, 0.1) is 19.4 Å². The number of ether oxygens (including phenoxy) is 2. The summed E-state index contributed by atoms with van der Waals surface area (Å²) in [7, 11) is 1.35. The molecule has 1 fully saturated rings. The molecule has 9 nitrogen and oxygen atoms in total. The smallest absolute Gasteiger partial charge is 0.325 e. The first-order valence-corrected chi connectivity index (χ1v) is 14.1. The minimum absolute atomic E-state index is 0.0534. The Kier molecular flexibility index (Phi) is 9.28. The number of unbranched alkanes of at least 4 members (excludes halogenated alkanes) is 2. The van der Waals surface area contributed by atoms with Crippen LogP contribution < -0.4 is 10.1 Å². The number of pyridine rings is 1. The summed E-state index contributed by atoms with van der Waals surface area (Å²) < 4.78 is 31.7. The van der Waals surface area contributed by atoms with Gasteiger partial charge in [-0.2, -0.15) is 0 Å². The molecule has 40 heavy (non-hydrogen) atoms. The predicted octanol–water partition coefficient (Wildman–Crippen LogP) is 4.80. The van der Waals surface area contributed by atoms with Crippen molar-refractivity contribution in [1.29, 1.82) is 0 Å². The monoisotopic (exact) mass is 552 g/mol. The average Bonchev–Trinajstić information content (AvgIpc) is 3.63. The van der Waals surface area contributed by atoms with Crippen LogP contribution in [-0.4, -0.2) is 65.4 Å². The number of hydrogen-bond acceptors (Lipinski definition) is 8. The third-order valence-electron chi connectivity index (χ3n) is 7.65. The fourth-order valence-corrected chi connectivity index (χ4v) is 5.68. The Morgan fingerprint density at radius 2 is 2.20 bits per heavy atom. The van der Waals surface area contributed by atoms with Gasteiger partial charge in [0, 0.05) is 43.9 Å². The lowest BCUT2D eigenvalue weighted by Crippen LogP contribution is -2.34. The fraction of sp³-hybridized carbons (Fsp3) is 0.500. The molecule has 214 valence electrons. The molecule has 3 aromatic rings. The highest BCUT2D eigenvalue weighted by molar-refractivity contribution is 5.77. The molecule has 2 aliphatic rings. The second-order valence-corrected chi connectivity index (χ2v) is 10.5. The summed E-state index contributed by atoms with van der Waals surface area (Å²) in [6.45, 7) is 2.62. The van der Waals surface area contributed by atoms with Crippen LogP contribution >= 0.6 is 0 Å². The number of carbonyl (C=O) groups is 1. The number of aromatic nitrogens is 2. The Bertz CT molecular complexity index is 1290. The molecule has 0 saturated carbocycles. The van der Waals surface area contributed by atoms with Gasteiger partial charge in [0.1, 0.15) is 17.6 Å². The van der Waals surface area contributed by atoms with Crippen LogP contribution in [0.2, 0.25) is 0 Å². The van der Waals surface area contributed by atoms with E-state index < -0.39 is 17.8 Å². The molecule has 4 heterocycles. The molecular formula is C30H37FN4O5. The number of carboxylic acids is 1. The lowest BCUT2D eigenvalue weighted by atomic mass is 9.99. The molecule has 0 spiro atoms. The number of aryl methyl sites for hydroxylation is 2. The predicted molar refractivity (Wildman–Crippen MR) is 147 cm³/mol. The molecule has 1 saturated heterocycles. The van der Waals surface area contributed by atoms with Crippen LogP contribution in [0.5, 0.6) is 5.75 Å². The van der Waals surface area contributed by atoms with Crippen molar-refractivity contribution in [2.24, 2.45) is 0 Å². The highest BCUT2D eigenvalue weighted by Crippen LogP contribution is 2.36. The minimum Gasteiger partial charge on any atom is -0.493 e. The van der Waals surface area contributed by atoms with Crippen molar-refractivity contribution in [2.45, 2.75) is 63.5 Å². The van der Waals surface area contributed by atoms with Crippen molar-refractivity contribution >= 4 is 11.8 Å². The van der Waals surface area contributed by atoms with E-state index in [1.807, 2.05) is 4.90 Å². The van der Waals surface area contributed by atoms with Gasteiger partial charge >= 0.3 is 5.97 Å². The first-order chi connectivity index (χ1) is 19.5. The zero-order valence-corrected chi connectivity index (χ0v) is 22.9. The number of nitrogens with one attached hydrogen (secondary N) is 1. The Balaban J connectivity index is 1.12. The number of carboxylic acid groups (broad SMARTS) is 1. The van der Waals surface area contributed by atoms with E-state index >= 15 is 0 Å². The summed E-state index contributed by atoms with van der Waals surface area (Å²) >= 11 is 0. The molecule has 1 aromatic carbocycles. The normalized spacial score (nSPS) is 17.8. The number of halogens is 1. The van der Waals surface area contributed by atoms with Crippen molar-refractivity contribution in [1.82, 2.24) is 14.9 Å². The van der Waals surface area contributed by atoms with E-state index in [-0.39, 0.29) is 17.4 Å². The van der Waals surface area contributed by atoms with Crippen molar-refractivity contribution in [2.75, 3.05) is 38.7 Å². The molecule has 2 aromatic heterocycles. The molecule has 10 heteroatoms. The van der Waals surface area contributed by atoms with Crippen LogP contribution in [0.25, 0.3) is 0 Å². The van der Waals surface area contributed by atoms with Crippen molar-refractivity contribution in [3.63, 3.8) is 0 Å². The first kappa shape index (κ1) is 28.0. The molecule has 2 aliphatic heterocycles. The second-order valence-electron chi connectivity index (χ2n) is 10.5. The van der Waals surface area contributed by atoms with Crippen LogP contribution in [0.4, 0.5) is 10.2 Å². The van der Waals surface area contributed by atoms with Crippen LogP contribution in [0.1, 0.15) is 66.3 Å². The van der Waals surface area contributed by atoms with Crippen LogP contribution in [0, 0.1) is 5.82 Å². The third-order valence-corrected chi connectivity index (χ3v) is 7.65. The average molecular weight is 553 g/mol. The van der Waals surface area contributed by atoms with Gasteiger partial charge in [-0.05, 0) is 67.9 Å². The number of benzene rings is 1. The number of rotatable bonds is 13. The second kappa shape index (κ2) is 13.2. The third kappa shape index (κ3) is 6.79. The Morgan fingerprint density at radius 1 is 1.30 bits per heavy atom. The maximum Gasteiger partial charge on any atom is 0.325 e. The van der Waals surface area contributed by atoms with Gasteiger partial charge in [-0.3, -0.25) is 9.69 Å². The number of nitrogens with zero attached hydrogens (tertiary/aromatic N) is 3. The molecule has 0 bridgehead atoms. The van der Waals surface area contributed by atoms with Crippen molar-refractivity contribution in [3.8, 4) is 5.75 Å². The molecule has 0 amide bonds. The lowest BCUT2D eigenvalue weighted by molar-refractivity contribution is -0.143. The van der Waals surface area contributed by atoms with E-state index in [2.05, 4.69) is 22.4 Å². The van der Waals surface area contributed by atoms with Crippen LogP contribution in [-0.2, 0) is 28.8 Å². The maximum absolute atomic E-state index is 15.0. The molecule has 0 unspecified atom stereocenters. The summed E-state index contributed by atoms with van der Waals surface area (Å²) in [4.78, 5) is 22.9. The summed E-state index contributed by atoms with van der Waals surface area (Å²) in [5.74, 6) is -0.106. The topological polar surface area (TPSA) is 110 Å². The Morgan fingerprint density at radius 3 is 3.00 bits per heavy atom. The number of aliphatic carboxylic acids is 1. The lowest BCUT2D eigenvalue weighted by Gasteiger charge is -2.26. The molecule has 2 atom stereocenters. The van der Waals surface area contributed by atoms with Crippen molar-refractivity contribution in [3.05, 3.63) is 70.8 Å². The zero-order chi connectivity index (χ0) is 27.9. The molecule has 0 aliphatic carbocycles. The molecule has 0 radical (unpaired) electrons. The number of oxazole rings is 1. The summed E-state index contributed by atoms with van der Waals surface area (Å²) in [6, 6.07) is 6.31. The van der Waals surface area contributed by atoms with Crippen LogP contribution in [0.3, 0.4) is 0 Å². The number of fused-ring (bicyclic) bond motifs is 1. The van der Waals surface area contributed by atoms with E-state index in [1.54, 1.807) is 12.3 Å². The van der Waals surface area contributed by atoms with E-state index in [1.165, 1.54) is 25.1 Å².